The Balaban J connectivity index is 1.76. The Morgan fingerprint density at radius 2 is 1.66 bits per heavy atom. The van der Waals surface area contributed by atoms with Crippen molar-refractivity contribution < 1.29 is 14.3 Å². The molecule has 1 aliphatic heterocycles. The van der Waals surface area contributed by atoms with Gasteiger partial charge in [-0.1, -0.05) is 18.2 Å². The molecule has 0 atom stereocenters. The van der Waals surface area contributed by atoms with Crippen molar-refractivity contribution in [1.29, 1.82) is 0 Å². The predicted molar refractivity (Wildman–Crippen MR) is 122 cm³/mol. The molecule has 5 rings (SSSR count). The zero-order chi connectivity index (χ0) is 22.4. The number of hydrogen-bond acceptors (Lipinski definition) is 4. The summed E-state index contributed by atoms with van der Waals surface area (Å²) in [4.78, 5) is 41.3. The molecule has 0 bridgehead atoms. The molecule has 32 heavy (non-hydrogen) atoms. The van der Waals surface area contributed by atoms with Gasteiger partial charge < -0.3 is 14.3 Å². The number of rotatable bonds is 4. The Morgan fingerprint density at radius 1 is 0.938 bits per heavy atom. The molecule has 0 aliphatic carbocycles. The number of aromatic nitrogens is 2. The topological polar surface area (TPSA) is 84.4 Å². The fourth-order valence-corrected chi connectivity index (χ4v) is 4.25. The summed E-state index contributed by atoms with van der Waals surface area (Å²) in [6.45, 7) is 1.85. The highest BCUT2D eigenvalue weighted by atomic mass is 16.5. The highest BCUT2D eigenvalue weighted by Gasteiger charge is 2.32. The van der Waals surface area contributed by atoms with E-state index in [1.165, 1.54) is 4.90 Å². The summed E-state index contributed by atoms with van der Waals surface area (Å²) in [5, 5.41) is 0.753. The number of anilines is 1. The summed E-state index contributed by atoms with van der Waals surface area (Å²) in [6.07, 6.45) is 3.88. The van der Waals surface area contributed by atoms with E-state index in [4.69, 9.17) is 4.74 Å². The van der Waals surface area contributed by atoms with Crippen molar-refractivity contribution in [3.63, 3.8) is 0 Å². The van der Waals surface area contributed by atoms with E-state index in [2.05, 4.69) is 4.98 Å². The zero-order valence-electron chi connectivity index (χ0n) is 17.7. The van der Waals surface area contributed by atoms with Gasteiger partial charge in [-0.05, 0) is 42.8 Å². The number of carbonyl (C=O) groups is 2. The van der Waals surface area contributed by atoms with Crippen LogP contribution in [0.1, 0.15) is 18.4 Å². The maximum atomic E-state index is 12.4. The van der Waals surface area contributed by atoms with Crippen LogP contribution in [0, 0.1) is 6.92 Å². The van der Waals surface area contributed by atoms with Gasteiger partial charge in [0.2, 0.25) is 11.8 Å². The molecule has 0 saturated carbocycles. The molecule has 1 aliphatic rings. The average molecular weight is 427 g/mol. The highest BCUT2D eigenvalue weighted by molar-refractivity contribution is 6.20. The first kappa shape index (κ1) is 19.8. The van der Waals surface area contributed by atoms with Gasteiger partial charge in [0.05, 0.1) is 5.69 Å². The van der Waals surface area contributed by atoms with Crippen LogP contribution in [0.25, 0.3) is 22.0 Å². The monoisotopic (exact) mass is 427 g/mol. The number of pyridine rings is 1. The third-order valence-electron chi connectivity index (χ3n) is 5.75. The molecule has 1 saturated heterocycles. The van der Waals surface area contributed by atoms with Crippen molar-refractivity contribution in [2.24, 2.45) is 7.05 Å². The third-order valence-corrected chi connectivity index (χ3v) is 5.75. The Bertz CT molecular complexity index is 1420. The third kappa shape index (κ3) is 3.19. The van der Waals surface area contributed by atoms with Gasteiger partial charge in [0, 0.05) is 48.8 Å². The number of fused-ring (bicyclic) bond motifs is 1. The summed E-state index contributed by atoms with van der Waals surface area (Å²) in [5.41, 5.74) is 3.09. The van der Waals surface area contributed by atoms with Gasteiger partial charge in [0.15, 0.2) is 0 Å². The van der Waals surface area contributed by atoms with Crippen LogP contribution in [0.5, 0.6) is 11.5 Å². The number of imide groups is 1. The fourth-order valence-electron chi connectivity index (χ4n) is 4.25. The lowest BCUT2D eigenvalue weighted by Crippen LogP contribution is -2.29. The lowest BCUT2D eigenvalue weighted by molar-refractivity contribution is -0.121. The molecule has 7 nitrogen and oxygen atoms in total. The first-order chi connectivity index (χ1) is 15.4. The number of amides is 2. The molecule has 0 radical (unpaired) electrons. The second-order valence-corrected chi connectivity index (χ2v) is 7.90. The minimum Gasteiger partial charge on any atom is -0.457 e. The van der Waals surface area contributed by atoms with Gasteiger partial charge in [-0.2, -0.15) is 0 Å². The summed E-state index contributed by atoms with van der Waals surface area (Å²) >= 11 is 0. The number of aromatic amines is 1. The maximum Gasteiger partial charge on any atom is 0.272 e. The van der Waals surface area contributed by atoms with E-state index < -0.39 is 0 Å². The van der Waals surface area contributed by atoms with Crippen LogP contribution in [-0.4, -0.2) is 21.4 Å². The van der Waals surface area contributed by atoms with Gasteiger partial charge >= 0.3 is 0 Å². The normalized spacial score (nSPS) is 13.9. The van der Waals surface area contributed by atoms with Crippen LogP contribution in [0.3, 0.4) is 0 Å². The Hall–Kier alpha value is -4.13. The molecular formula is C25H21N3O4. The van der Waals surface area contributed by atoms with Crippen LogP contribution in [0.2, 0.25) is 0 Å². The standard InChI is InChI=1S/C25H21N3O4/c1-15-12-21(32-16-6-4-3-5-7-16)18(13-20(15)28-22(29)8-9-23(28)30)19-14-27(2)24-17(19)10-11-26-25(24)31/h3-7,10-14H,8-9H2,1-2H3,(H,26,31). The molecule has 1 N–H and O–H groups in total. The minimum atomic E-state index is -0.213. The molecule has 2 amide bonds. The maximum absolute atomic E-state index is 12.4. The van der Waals surface area contributed by atoms with Gasteiger partial charge in [0.25, 0.3) is 5.56 Å². The zero-order valence-corrected chi connectivity index (χ0v) is 17.7. The van der Waals surface area contributed by atoms with E-state index in [1.54, 1.807) is 17.8 Å². The van der Waals surface area contributed by atoms with E-state index in [-0.39, 0.29) is 30.2 Å². The van der Waals surface area contributed by atoms with Crippen LogP contribution in [-0.2, 0) is 16.6 Å². The number of hydrogen-bond donors (Lipinski definition) is 1. The van der Waals surface area contributed by atoms with E-state index in [1.807, 2.05) is 61.7 Å². The van der Waals surface area contributed by atoms with E-state index in [0.29, 0.717) is 28.3 Å². The number of ether oxygens (including phenoxy) is 1. The molecule has 0 unspecified atom stereocenters. The molecular weight excluding hydrogens is 406 g/mol. The van der Waals surface area contributed by atoms with Crippen molar-refractivity contribution in [3.8, 4) is 22.6 Å². The summed E-state index contributed by atoms with van der Waals surface area (Å²) in [5.74, 6) is 0.807. The van der Waals surface area contributed by atoms with E-state index in [9.17, 15) is 14.4 Å². The number of aryl methyl sites for hydroxylation is 2. The number of nitrogens with one attached hydrogen (secondary N) is 1. The summed E-state index contributed by atoms with van der Waals surface area (Å²) < 4.78 is 7.99. The average Bonchev–Trinajstić information content (AvgIpc) is 3.29. The first-order valence-electron chi connectivity index (χ1n) is 10.3. The molecule has 2 aromatic heterocycles. The molecule has 4 aromatic rings. The van der Waals surface area contributed by atoms with Crippen molar-refractivity contribution in [2.45, 2.75) is 19.8 Å². The molecule has 2 aromatic carbocycles. The quantitative estimate of drug-likeness (QED) is 0.493. The van der Waals surface area contributed by atoms with Crippen molar-refractivity contribution in [3.05, 3.63) is 76.8 Å². The Morgan fingerprint density at radius 3 is 2.38 bits per heavy atom. The molecule has 0 spiro atoms. The summed E-state index contributed by atoms with van der Waals surface area (Å²) in [7, 11) is 1.81. The minimum absolute atomic E-state index is 0.195. The lowest BCUT2D eigenvalue weighted by Gasteiger charge is -2.20. The van der Waals surface area contributed by atoms with Gasteiger partial charge in [-0.25, -0.2) is 0 Å². The highest BCUT2D eigenvalue weighted by Crippen LogP contribution is 2.42. The largest absolute Gasteiger partial charge is 0.457 e. The summed E-state index contributed by atoms with van der Waals surface area (Å²) in [6, 6.07) is 14.9. The number of benzene rings is 2. The lowest BCUT2D eigenvalue weighted by atomic mass is 10.0. The molecule has 3 heterocycles. The fraction of sp³-hybridized carbons (Fsp3) is 0.160. The van der Waals surface area contributed by atoms with E-state index >= 15 is 0 Å². The van der Waals surface area contributed by atoms with Crippen molar-refractivity contribution in [2.75, 3.05) is 4.90 Å². The number of carbonyl (C=O) groups excluding carboxylic acids is 2. The Labute approximate surface area is 183 Å². The van der Waals surface area contributed by atoms with Crippen LogP contribution in [0.4, 0.5) is 5.69 Å². The first-order valence-corrected chi connectivity index (χ1v) is 10.3. The predicted octanol–water partition coefficient (Wildman–Crippen LogP) is 4.29. The van der Waals surface area contributed by atoms with Crippen LogP contribution in [0.15, 0.2) is 65.7 Å². The SMILES string of the molecule is Cc1cc(Oc2ccccc2)c(-c2cn(C)c3c(=O)[nH]ccc23)cc1N1C(=O)CCC1=O. The molecule has 1 fully saturated rings. The van der Waals surface area contributed by atoms with Crippen molar-refractivity contribution in [1.82, 2.24) is 9.55 Å². The molecule has 160 valence electrons. The molecule has 7 heteroatoms. The van der Waals surface area contributed by atoms with Gasteiger partial charge in [-0.3, -0.25) is 19.3 Å². The van der Waals surface area contributed by atoms with Gasteiger partial charge in [0.1, 0.15) is 17.0 Å². The van der Waals surface area contributed by atoms with Crippen LogP contribution >= 0.6 is 0 Å². The second kappa shape index (κ2) is 7.53. The van der Waals surface area contributed by atoms with Gasteiger partial charge in [-0.15, -0.1) is 0 Å². The number of H-pyrrole nitrogens is 1. The number of nitrogens with zero attached hydrogens (tertiary/aromatic N) is 2. The second-order valence-electron chi connectivity index (χ2n) is 7.90. The Kier molecular flexibility index (Phi) is 4.66. The smallest absolute Gasteiger partial charge is 0.272 e. The number of para-hydroxylation sites is 1. The van der Waals surface area contributed by atoms with E-state index in [0.717, 1.165) is 16.5 Å². The van der Waals surface area contributed by atoms with Crippen molar-refractivity contribution >= 4 is 28.4 Å². The van der Waals surface area contributed by atoms with Crippen LogP contribution < -0.4 is 15.2 Å².